The molecule has 2 aromatic rings. The van der Waals surface area contributed by atoms with Gasteiger partial charge in [0.2, 0.25) is 0 Å². The average molecular weight is 367 g/mol. The van der Waals surface area contributed by atoms with Crippen molar-refractivity contribution in [2.24, 2.45) is 0 Å². The molecule has 0 radical (unpaired) electrons. The lowest BCUT2D eigenvalue weighted by Crippen LogP contribution is -2.37. The molecule has 0 aliphatic heterocycles. The first-order valence-electron chi connectivity index (χ1n) is 9.85. The third-order valence-electron chi connectivity index (χ3n) is 5.10. The first-order valence-corrected chi connectivity index (χ1v) is 9.85. The van der Waals surface area contributed by atoms with Gasteiger partial charge in [-0.3, -0.25) is 4.79 Å². The SMILES string of the molecule is COc1ccc(CCCNC(=O)C(C)Oc2ccc3c(c2)CCCC3)cc1. The van der Waals surface area contributed by atoms with E-state index in [-0.39, 0.29) is 5.91 Å². The standard InChI is InChI=1S/C23H29NO3/c1-17(27-22-14-11-19-7-3-4-8-20(19)16-22)23(25)24-15-5-6-18-9-12-21(26-2)13-10-18/h9-14,16-17H,3-8,15H2,1-2H3,(H,24,25). The molecule has 4 heteroatoms. The zero-order chi connectivity index (χ0) is 19.1. The maximum absolute atomic E-state index is 12.3. The normalized spacial score (nSPS) is 14.1. The molecule has 1 amide bonds. The van der Waals surface area contributed by atoms with E-state index in [0.717, 1.165) is 37.2 Å². The molecule has 27 heavy (non-hydrogen) atoms. The Morgan fingerprint density at radius 2 is 1.74 bits per heavy atom. The average Bonchev–Trinajstić information content (AvgIpc) is 2.71. The van der Waals surface area contributed by atoms with Crippen molar-refractivity contribution in [1.29, 1.82) is 0 Å². The molecule has 0 spiro atoms. The highest BCUT2D eigenvalue weighted by molar-refractivity contribution is 5.80. The van der Waals surface area contributed by atoms with E-state index in [1.54, 1.807) is 14.0 Å². The third-order valence-corrected chi connectivity index (χ3v) is 5.10. The Bertz CT molecular complexity index is 755. The lowest BCUT2D eigenvalue weighted by atomic mass is 9.92. The zero-order valence-corrected chi connectivity index (χ0v) is 16.3. The summed E-state index contributed by atoms with van der Waals surface area (Å²) in [6.07, 6.45) is 6.09. The van der Waals surface area contributed by atoms with Gasteiger partial charge in [0, 0.05) is 6.54 Å². The molecular weight excluding hydrogens is 338 g/mol. The maximum Gasteiger partial charge on any atom is 0.260 e. The molecule has 1 aliphatic carbocycles. The predicted molar refractivity (Wildman–Crippen MR) is 107 cm³/mol. The minimum Gasteiger partial charge on any atom is -0.497 e. The second kappa shape index (κ2) is 9.45. The summed E-state index contributed by atoms with van der Waals surface area (Å²) in [6, 6.07) is 14.3. The summed E-state index contributed by atoms with van der Waals surface area (Å²) in [5.74, 6) is 1.58. The Kier molecular flexibility index (Phi) is 6.74. The van der Waals surface area contributed by atoms with Gasteiger partial charge in [-0.15, -0.1) is 0 Å². The van der Waals surface area contributed by atoms with Gasteiger partial charge in [0.15, 0.2) is 6.10 Å². The van der Waals surface area contributed by atoms with Crippen LogP contribution in [0.3, 0.4) is 0 Å². The Balaban J connectivity index is 1.41. The van der Waals surface area contributed by atoms with Gasteiger partial charge < -0.3 is 14.8 Å². The molecule has 1 aliphatic rings. The topological polar surface area (TPSA) is 47.6 Å². The van der Waals surface area contributed by atoms with Crippen molar-refractivity contribution in [1.82, 2.24) is 5.32 Å². The molecule has 144 valence electrons. The predicted octanol–water partition coefficient (Wildman–Crippen LogP) is 4.09. The summed E-state index contributed by atoms with van der Waals surface area (Å²) in [7, 11) is 1.66. The summed E-state index contributed by atoms with van der Waals surface area (Å²) >= 11 is 0. The van der Waals surface area contributed by atoms with Gasteiger partial charge >= 0.3 is 0 Å². The third kappa shape index (κ3) is 5.49. The lowest BCUT2D eigenvalue weighted by Gasteiger charge is -2.19. The van der Waals surface area contributed by atoms with E-state index < -0.39 is 6.10 Å². The number of benzene rings is 2. The molecule has 1 atom stereocenters. The quantitative estimate of drug-likeness (QED) is 0.715. The molecule has 1 N–H and O–H groups in total. The molecule has 3 rings (SSSR count). The van der Waals surface area contributed by atoms with Crippen LogP contribution in [0.1, 0.15) is 42.9 Å². The van der Waals surface area contributed by atoms with Gasteiger partial charge in [0.25, 0.3) is 5.91 Å². The minimum atomic E-state index is -0.493. The van der Waals surface area contributed by atoms with Crippen LogP contribution in [0.5, 0.6) is 11.5 Å². The molecule has 0 heterocycles. The number of methoxy groups -OCH3 is 1. The number of hydrogen-bond donors (Lipinski definition) is 1. The fourth-order valence-corrected chi connectivity index (χ4v) is 3.48. The highest BCUT2D eigenvalue weighted by atomic mass is 16.5. The van der Waals surface area contributed by atoms with E-state index in [1.165, 1.54) is 29.5 Å². The van der Waals surface area contributed by atoms with Crippen LogP contribution in [-0.4, -0.2) is 25.7 Å². The van der Waals surface area contributed by atoms with Gasteiger partial charge in [0.1, 0.15) is 11.5 Å². The number of rotatable bonds is 8. The Morgan fingerprint density at radius 3 is 2.48 bits per heavy atom. The van der Waals surface area contributed by atoms with Crippen molar-refractivity contribution in [3.8, 4) is 11.5 Å². The summed E-state index contributed by atoms with van der Waals surface area (Å²) in [5.41, 5.74) is 4.03. The van der Waals surface area contributed by atoms with E-state index in [9.17, 15) is 4.79 Å². The van der Waals surface area contributed by atoms with Crippen LogP contribution in [0.4, 0.5) is 0 Å². The summed E-state index contributed by atoms with van der Waals surface area (Å²) < 4.78 is 11.0. The second-order valence-electron chi connectivity index (χ2n) is 7.14. The summed E-state index contributed by atoms with van der Waals surface area (Å²) in [4.78, 5) is 12.3. The molecule has 0 saturated carbocycles. The molecular formula is C23H29NO3. The monoisotopic (exact) mass is 367 g/mol. The van der Waals surface area contributed by atoms with Crippen LogP contribution in [0.2, 0.25) is 0 Å². The Morgan fingerprint density at radius 1 is 1.04 bits per heavy atom. The van der Waals surface area contributed by atoms with Crippen molar-refractivity contribution in [2.45, 2.75) is 51.6 Å². The number of nitrogens with one attached hydrogen (secondary N) is 1. The van der Waals surface area contributed by atoms with Gasteiger partial charge in [-0.2, -0.15) is 0 Å². The summed E-state index contributed by atoms with van der Waals surface area (Å²) in [6.45, 7) is 2.45. The van der Waals surface area contributed by atoms with Crippen LogP contribution in [0.15, 0.2) is 42.5 Å². The number of fused-ring (bicyclic) bond motifs is 1. The van der Waals surface area contributed by atoms with E-state index in [0.29, 0.717) is 6.54 Å². The smallest absolute Gasteiger partial charge is 0.260 e. The number of hydrogen-bond acceptors (Lipinski definition) is 3. The highest BCUT2D eigenvalue weighted by Crippen LogP contribution is 2.25. The Labute approximate surface area is 161 Å². The van der Waals surface area contributed by atoms with E-state index >= 15 is 0 Å². The van der Waals surface area contributed by atoms with Crippen LogP contribution < -0.4 is 14.8 Å². The number of carbonyl (C=O) groups is 1. The van der Waals surface area contributed by atoms with Crippen molar-refractivity contribution in [2.75, 3.05) is 13.7 Å². The zero-order valence-electron chi connectivity index (χ0n) is 16.3. The number of carbonyl (C=O) groups excluding carboxylic acids is 1. The fourth-order valence-electron chi connectivity index (χ4n) is 3.48. The van der Waals surface area contributed by atoms with Gasteiger partial charge in [0.05, 0.1) is 7.11 Å². The van der Waals surface area contributed by atoms with Crippen molar-refractivity contribution in [3.63, 3.8) is 0 Å². The summed E-state index contributed by atoms with van der Waals surface area (Å²) in [5, 5.41) is 2.97. The lowest BCUT2D eigenvalue weighted by molar-refractivity contribution is -0.127. The second-order valence-corrected chi connectivity index (χ2v) is 7.14. The van der Waals surface area contributed by atoms with Crippen molar-refractivity contribution in [3.05, 3.63) is 59.2 Å². The van der Waals surface area contributed by atoms with Crippen LogP contribution in [-0.2, 0) is 24.1 Å². The van der Waals surface area contributed by atoms with E-state index in [4.69, 9.17) is 9.47 Å². The minimum absolute atomic E-state index is 0.0672. The van der Waals surface area contributed by atoms with Crippen LogP contribution >= 0.6 is 0 Å². The molecule has 2 aromatic carbocycles. The van der Waals surface area contributed by atoms with Gasteiger partial charge in [-0.25, -0.2) is 0 Å². The van der Waals surface area contributed by atoms with Crippen LogP contribution in [0, 0.1) is 0 Å². The van der Waals surface area contributed by atoms with Gasteiger partial charge in [-0.1, -0.05) is 18.2 Å². The largest absolute Gasteiger partial charge is 0.497 e. The molecule has 0 fully saturated rings. The molecule has 4 nitrogen and oxygen atoms in total. The molecule has 0 bridgehead atoms. The number of amides is 1. The number of ether oxygens (including phenoxy) is 2. The number of aryl methyl sites for hydroxylation is 3. The Hall–Kier alpha value is -2.49. The fraction of sp³-hybridized carbons (Fsp3) is 0.435. The first-order chi connectivity index (χ1) is 13.2. The van der Waals surface area contributed by atoms with Crippen molar-refractivity contribution < 1.29 is 14.3 Å². The van der Waals surface area contributed by atoms with Crippen molar-refractivity contribution >= 4 is 5.91 Å². The molecule has 0 aromatic heterocycles. The molecule has 1 unspecified atom stereocenters. The van der Waals surface area contributed by atoms with E-state index in [2.05, 4.69) is 29.6 Å². The van der Waals surface area contributed by atoms with E-state index in [1.807, 2.05) is 18.2 Å². The van der Waals surface area contributed by atoms with Crippen LogP contribution in [0.25, 0.3) is 0 Å². The molecule has 0 saturated heterocycles. The van der Waals surface area contributed by atoms with Gasteiger partial charge in [-0.05, 0) is 86.4 Å². The highest BCUT2D eigenvalue weighted by Gasteiger charge is 2.16. The first kappa shape index (κ1) is 19.3. The maximum atomic E-state index is 12.3.